The molecule has 1 aromatic heterocycles. The Hall–Kier alpha value is -2.67. The molecule has 0 saturated carbocycles. The molecule has 0 saturated heterocycles. The van der Waals surface area contributed by atoms with Gasteiger partial charge in [0, 0.05) is 12.4 Å². The number of hydrogen-bond acceptors (Lipinski definition) is 4. The molecule has 0 bridgehead atoms. The topological polar surface area (TPSA) is 102 Å². The first kappa shape index (κ1) is 15.7. The summed E-state index contributed by atoms with van der Waals surface area (Å²) < 4.78 is 1.76. The Morgan fingerprint density at radius 2 is 2.00 bits per heavy atom. The summed E-state index contributed by atoms with van der Waals surface area (Å²) in [5.41, 5.74) is 7.07. The van der Waals surface area contributed by atoms with Gasteiger partial charge in [0.05, 0.1) is 24.8 Å². The third-order valence-corrected chi connectivity index (χ3v) is 3.17. The van der Waals surface area contributed by atoms with Crippen molar-refractivity contribution in [3.05, 3.63) is 48.3 Å². The van der Waals surface area contributed by atoms with Crippen LogP contribution < -0.4 is 16.4 Å². The van der Waals surface area contributed by atoms with Crippen LogP contribution in [0.5, 0.6) is 0 Å². The highest BCUT2D eigenvalue weighted by Crippen LogP contribution is 2.15. The Morgan fingerprint density at radius 1 is 1.27 bits per heavy atom. The van der Waals surface area contributed by atoms with Crippen LogP contribution in [0.2, 0.25) is 0 Å². The summed E-state index contributed by atoms with van der Waals surface area (Å²) in [4.78, 5) is 22.7. The first-order valence-corrected chi connectivity index (χ1v) is 6.96. The van der Waals surface area contributed by atoms with Crippen molar-refractivity contribution >= 4 is 11.8 Å². The number of rotatable bonds is 6. The maximum atomic E-state index is 11.7. The third kappa shape index (κ3) is 4.16. The van der Waals surface area contributed by atoms with E-state index in [0.717, 1.165) is 11.3 Å². The van der Waals surface area contributed by atoms with Gasteiger partial charge in [-0.3, -0.25) is 9.59 Å². The summed E-state index contributed by atoms with van der Waals surface area (Å²) in [6.07, 6.45) is 3.58. The average molecular weight is 301 g/mol. The fraction of sp³-hybridized carbons (Fsp3) is 0.267. The molecular weight excluding hydrogens is 282 g/mol. The van der Waals surface area contributed by atoms with Gasteiger partial charge < -0.3 is 16.4 Å². The molecule has 7 nitrogen and oxygen atoms in total. The van der Waals surface area contributed by atoms with Crippen LogP contribution in [0, 0.1) is 0 Å². The molecule has 0 aliphatic carbocycles. The maximum Gasteiger partial charge on any atom is 0.239 e. The van der Waals surface area contributed by atoms with Crippen molar-refractivity contribution in [1.29, 1.82) is 0 Å². The van der Waals surface area contributed by atoms with E-state index in [1.807, 2.05) is 43.5 Å². The van der Waals surface area contributed by atoms with E-state index >= 15 is 0 Å². The van der Waals surface area contributed by atoms with Gasteiger partial charge in [0.2, 0.25) is 11.8 Å². The van der Waals surface area contributed by atoms with Crippen molar-refractivity contribution in [1.82, 2.24) is 20.4 Å². The van der Waals surface area contributed by atoms with Crippen molar-refractivity contribution in [2.24, 2.45) is 5.73 Å². The molecule has 7 heteroatoms. The number of hydrogen-bond donors (Lipinski definition) is 3. The first-order chi connectivity index (χ1) is 10.6. The zero-order valence-electron chi connectivity index (χ0n) is 12.3. The quantitative estimate of drug-likeness (QED) is 0.705. The van der Waals surface area contributed by atoms with E-state index in [4.69, 9.17) is 5.73 Å². The highest BCUT2D eigenvalue weighted by molar-refractivity contribution is 5.85. The minimum atomic E-state index is -0.355. The number of nitrogens with two attached hydrogens (primary N) is 1. The molecule has 0 spiro atoms. The SMILES string of the molecule is CC(NC(=O)CNC(=O)CN)c1ccc(-n2cccn2)cc1. The number of benzene rings is 1. The Bertz CT molecular complexity index is 622. The van der Waals surface area contributed by atoms with Crippen molar-refractivity contribution in [3.8, 4) is 5.69 Å². The van der Waals surface area contributed by atoms with Crippen LogP contribution in [0.15, 0.2) is 42.7 Å². The monoisotopic (exact) mass is 301 g/mol. The molecule has 1 atom stereocenters. The number of carbonyl (C=O) groups excluding carboxylic acids is 2. The fourth-order valence-electron chi connectivity index (χ4n) is 1.96. The molecule has 0 aliphatic rings. The van der Waals surface area contributed by atoms with E-state index in [2.05, 4.69) is 15.7 Å². The summed E-state index contributed by atoms with van der Waals surface area (Å²) in [5, 5.41) is 9.40. The van der Waals surface area contributed by atoms with E-state index in [1.54, 1.807) is 10.9 Å². The lowest BCUT2D eigenvalue weighted by Crippen LogP contribution is -2.40. The van der Waals surface area contributed by atoms with Gasteiger partial charge in [-0.05, 0) is 30.7 Å². The van der Waals surface area contributed by atoms with Crippen molar-refractivity contribution < 1.29 is 9.59 Å². The molecule has 1 heterocycles. The Balaban J connectivity index is 1.91. The number of nitrogens with zero attached hydrogens (tertiary/aromatic N) is 2. The molecule has 22 heavy (non-hydrogen) atoms. The van der Waals surface area contributed by atoms with Crippen LogP contribution in [0.25, 0.3) is 5.69 Å². The lowest BCUT2D eigenvalue weighted by Gasteiger charge is -2.15. The Kier molecular flexibility index (Phi) is 5.26. The normalized spacial score (nSPS) is 11.7. The second kappa shape index (κ2) is 7.37. The smallest absolute Gasteiger partial charge is 0.239 e. The van der Waals surface area contributed by atoms with Gasteiger partial charge in [0.25, 0.3) is 0 Å². The average Bonchev–Trinajstić information content (AvgIpc) is 3.07. The van der Waals surface area contributed by atoms with Crippen molar-refractivity contribution in [2.45, 2.75) is 13.0 Å². The molecule has 1 aromatic carbocycles. The molecule has 1 unspecified atom stereocenters. The van der Waals surface area contributed by atoms with Gasteiger partial charge in [-0.25, -0.2) is 4.68 Å². The van der Waals surface area contributed by atoms with Gasteiger partial charge in [-0.15, -0.1) is 0 Å². The zero-order valence-corrected chi connectivity index (χ0v) is 12.3. The van der Waals surface area contributed by atoms with Crippen molar-refractivity contribution in [2.75, 3.05) is 13.1 Å². The number of carbonyl (C=O) groups is 2. The molecule has 2 aromatic rings. The van der Waals surface area contributed by atoms with Crippen LogP contribution in [-0.2, 0) is 9.59 Å². The summed E-state index contributed by atoms with van der Waals surface area (Å²) in [7, 11) is 0. The van der Waals surface area contributed by atoms with Crippen LogP contribution in [0.3, 0.4) is 0 Å². The van der Waals surface area contributed by atoms with Gasteiger partial charge in [-0.1, -0.05) is 12.1 Å². The maximum absolute atomic E-state index is 11.7. The Morgan fingerprint density at radius 3 is 2.59 bits per heavy atom. The summed E-state index contributed by atoms with van der Waals surface area (Å²) in [5.74, 6) is -0.614. The Labute approximate surface area is 128 Å². The van der Waals surface area contributed by atoms with E-state index in [9.17, 15) is 9.59 Å². The van der Waals surface area contributed by atoms with Crippen LogP contribution in [-0.4, -0.2) is 34.7 Å². The van der Waals surface area contributed by atoms with Crippen molar-refractivity contribution in [3.63, 3.8) is 0 Å². The molecule has 2 rings (SSSR count). The van der Waals surface area contributed by atoms with Crippen LogP contribution >= 0.6 is 0 Å². The lowest BCUT2D eigenvalue weighted by atomic mass is 10.1. The third-order valence-electron chi connectivity index (χ3n) is 3.17. The van der Waals surface area contributed by atoms with Crippen LogP contribution in [0.1, 0.15) is 18.5 Å². The number of nitrogens with one attached hydrogen (secondary N) is 2. The van der Waals surface area contributed by atoms with E-state index < -0.39 is 0 Å². The predicted octanol–water partition coefficient (Wildman–Crippen LogP) is 0.124. The fourth-order valence-corrected chi connectivity index (χ4v) is 1.96. The van der Waals surface area contributed by atoms with Gasteiger partial charge in [0.15, 0.2) is 0 Å². The van der Waals surface area contributed by atoms with Gasteiger partial charge >= 0.3 is 0 Å². The molecule has 0 fully saturated rings. The molecule has 2 amide bonds. The van der Waals surface area contributed by atoms with Gasteiger partial charge in [0.1, 0.15) is 0 Å². The molecule has 0 radical (unpaired) electrons. The van der Waals surface area contributed by atoms with E-state index in [1.165, 1.54) is 0 Å². The minimum Gasteiger partial charge on any atom is -0.348 e. The molecule has 0 aliphatic heterocycles. The number of amides is 2. The van der Waals surface area contributed by atoms with Gasteiger partial charge in [-0.2, -0.15) is 5.10 Å². The molecular formula is C15H19N5O2. The van der Waals surface area contributed by atoms with E-state index in [0.29, 0.717) is 0 Å². The first-order valence-electron chi connectivity index (χ1n) is 6.96. The summed E-state index contributed by atoms with van der Waals surface area (Å²) >= 11 is 0. The highest BCUT2D eigenvalue weighted by atomic mass is 16.2. The summed E-state index contributed by atoms with van der Waals surface area (Å²) in [6, 6.07) is 9.42. The van der Waals surface area contributed by atoms with E-state index in [-0.39, 0.29) is 30.9 Å². The second-order valence-electron chi connectivity index (χ2n) is 4.81. The molecule has 116 valence electrons. The highest BCUT2D eigenvalue weighted by Gasteiger charge is 2.10. The largest absolute Gasteiger partial charge is 0.348 e. The zero-order chi connectivity index (χ0) is 15.9. The minimum absolute atomic E-state index is 0.0776. The van der Waals surface area contributed by atoms with Crippen LogP contribution in [0.4, 0.5) is 0 Å². The predicted molar refractivity (Wildman–Crippen MR) is 82.2 cm³/mol. The standard InChI is InChI=1S/C15H19N5O2/c1-11(19-15(22)10-17-14(21)9-16)12-3-5-13(6-4-12)20-8-2-7-18-20/h2-8,11H,9-10,16H2,1H3,(H,17,21)(H,19,22). The number of aromatic nitrogens is 2. The molecule has 4 N–H and O–H groups in total. The lowest BCUT2D eigenvalue weighted by molar-refractivity contribution is -0.125. The summed E-state index contributed by atoms with van der Waals surface area (Å²) in [6.45, 7) is 1.68. The second-order valence-corrected chi connectivity index (χ2v) is 4.81.